The van der Waals surface area contributed by atoms with Gasteiger partial charge in [0.05, 0.1) is 18.0 Å². The van der Waals surface area contributed by atoms with Gasteiger partial charge in [-0.2, -0.15) is 4.98 Å². The van der Waals surface area contributed by atoms with Crippen molar-refractivity contribution in [2.75, 3.05) is 23.3 Å². The fourth-order valence-electron chi connectivity index (χ4n) is 2.66. The van der Waals surface area contributed by atoms with E-state index in [-0.39, 0.29) is 6.04 Å². The third-order valence-electron chi connectivity index (χ3n) is 3.74. The summed E-state index contributed by atoms with van der Waals surface area (Å²) < 4.78 is 5.00. The first-order valence-corrected chi connectivity index (χ1v) is 7.58. The molecule has 3 heterocycles. The molecule has 1 fully saturated rings. The number of nitrogens with zero attached hydrogens (tertiary/aromatic N) is 3. The average molecular weight is 333 g/mol. The molecule has 1 amide bonds. The Labute approximate surface area is 138 Å². The van der Waals surface area contributed by atoms with Gasteiger partial charge in [0.25, 0.3) is 0 Å². The number of aromatic nitrogens is 2. The molecule has 9 nitrogen and oxygen atoms in total. The number of carboxylic acid groups (broad SMARTS) is 1. The van der Waals surface area contributed by atoms with Crippen molar-refractivity contribution in [2.45, 2.75) is 25.7 Å². The predicted molar refractivity (Wildman–Crippen MR) is 86.5 cm³/mol. The summed E-state index contributed by atoms with van der Waals surface area (Å²) in [5, 5.41) is 24.1. The lowest BCUT2D eigenvalue weighted by atomic mass is 10.3. The zero-order chi connectivity index (χ0) is 17.1. The third kappa shape index (κ3) is 3.74. The minimum absolute atomic E-state index is 0.135. The highest BCUT2D eigenvalue weighted by atomic mass is 16.6. The summed E-state index contributed by atoms with van der Waals surface area (Å²) in [6.07, 6.45) is 3.40. The zero-order valence-electron chi connectivity index (χ0n) is 13.1. The fourth-order valence-corrected chi connectivity index (χ4v) is 2.66. The number of hydrogen-bond donors (Lipinski definition) is 4. The van der Waals surface area contributed by atoms with Crippen LogP contribution in [-0.4, -0.2) is 51.7 Å². The van der Waals surface area contributed by atoms with Crippen LogP contribution in [0.25, 0.3) is 0 Å². The molecular weight excluding hydrogens is 314 g/mol. The molecule has 2 aliphatic heterocycles. The van der Waals surface area contributed by atoms with Crippen molar-refractivity contribution in [3.63, 3.8) is 0 Å². The molecule has 128 valence electrons. The Morgan fingerprint density at radius 2 is 2.29 bits per heavy atom. The molecule has 0 radical (unpaired) electrons. The van der Waals surface area contributed by atoms with E-state index >= 15 is 0 Å². The summed E-state index contributed by atoms with van der Waals surface area (Å²) in [7, 11) is 0. The van der Waals surface area contributed by atoms with Crippen LogP contribution in [0.3, 0.4) is 0 Å². The Kier molecular flexibility index (Phi) is 4.52. The van der Waals surface area contributed by atoms with Gasteiger partial charge < -0.3 is 30.5 Å². The zero-order valence-corrected chi connectivity index (χ0v) is 13.1. The Hall–Kier alpha value is -2.81. The van der Waals surface area contributed by atoms with Gasteiger partial charge in [-0.25, -0.2) is 9.78 Å². The number of amides is 1. The second-order valence-electron chi connectivity index (χ2n) is 5.64. The van der Waals surface area contributed by atoms with Crippen LogP contribution in [-0.2, 0) is 4.74 Å². The Morgan fingerprint density at radius 1 is 1.46 bits per heavy atom. The van der Waals surface area contributed by atoms with E-state index in [0.29, 0.717) is 37.0 Å². The molecule has 9 heteroatoms. The summed E-state index contributed by atoms with van der Waals surface area (Å²) in [5.41, 5.74) is 1.24. The van der Waals surface area contributed by atoms with Gasteiger partial charge in [0.2, 0.25) is 12.2 Å². The molecule has 0 aliphatic carbocycles. The molecule has 1 unspecified atom stereocenters. The number of allylic oxidation sites excluding steroid dienone is 2. The summed E-state index contributed by atoms with van der Waals surface area (Å²) in [4.78, 5) is 21.5. The van der Waals surface area contributed by atoms with Gasteiger partial charge in [-0.15, -0.1) is 0 Å². The molecule has 2 aliphatic rings. The highest BCUT2D eigenvalue weighted by Gasteiger charge is 2.26. The first-order chi connectivity index (χ1) is 11.5. The highest BCUT2D eigenvalue weighted by molar-refractivity contribution is 5.65. The van der Waals surface area contributed by atoms with Gasteiger partial charge in [0.15, 0.2) is 0 Å². The van der Waals surface area contributed by atoms with Crippen molar-refractivity contribution in [1.82, 2.24) is 15.3 Å². The van der Waals surface area contributed by atoms with E-state index in [0.717, 1.165) is 5.69 Å². The van der Waals surface area contributed by atoms with E-state index in [1.165, 1.54) is 6.26 Å². The van der Waals surface area contributed by atoms with Crippen LogP contribution < -0.4 is 15.5 Å². The van der Waals surface area contributed by atoms with Gasteiger partial charge in [-0.3, -0.25) is 0 Å². The van der Waals surface area contributed by atoms with Crippen molar-refractivity contribution >= 4 is 17.9 Å². The number of aryl methyl sites for hydroxylation is 1. The SMILES string of the molecule is Cc1cc(NC2=CC=COC2O)nc(N2CC[C@H](NC(=O)O)C2)n1. The molecule has 2 atom stereocenters. The topological polar surface area (TPSA) is 120 Å². The van der Waals surface area contributed by atoms with Crippen LogP contribution in [0.15, 0.2) is 30.2 Å². The lowest BCUT2D eigenvalue weighted by Crippen LogP contribution is -2.36. The van der Waals surface area contributed by atoms with Crippen molar-refractivity contribution in [1.29, 1.82) is 0 Å². The van der Waals surface area contributed by atoms with Crippen LogP contribution in [0.1, 0.15) is 12.1 Å². The highest BCUT2D eigenvalue weighted by Crippen LogP contribution is 2.21. The van der Waals surface area contributed by atoms with Crippen LogP contribution in [0.2, 0.25) is 0 Å². The van der Waals surface area contributed by atoms with Gasteiger partial charge in [0, 0.05) is 24.8 Å². The minimum Gasteiger partial charge on any atom is -0.467 e. The molecule has 1 saturated heterocycles. The Morgan fingerprint density at radius 3 is 3.04 bits per heavy atom. The summed E-state index contributed by atoms with van der Waals surface area (Å²) in [5.74, 6) is 1.06. The summed E-state index contributed by atoms with van der Waals surface area (Å²) in [6.45, 7) is 3.04. The maximum atomic E-state index is 10.7. The third-order valence-corrected chi connectivity index (χ3v) is 3.74. The second-order valence-corrected chi connectivity index (χ2v) is 5.64. The van der Waals surface area contributed by atoms with Crippen molar-refractivity contribution in [3.8, 4) is 0 Å². The van der Waals surface area contributed by atoms with Gasteiger partial charge in [0.1, 0.15) is 5.82 Å². The van der Waals surface area contributed by atoms with E-state index in [1.54, 1.807) is 18.2 Å². The summed E-state index contributed by atoms with van der Waals surface area (Å²) in [6, 6.07) is 1.63. The fraction of sp³-hybridized carbons (Fsp3) is 0.400. The lowest BCUT2D eigenvalue weighted by molar-refractivity contribution is -0.0220. The first-order valence-electron chi connectivity index (χ1n) is 7.58. The molecule has 0 aromatic carbocycles. The van der Waals surface area contributed by atoms with Crippen LogP contribution >= 0.6 is 0 Å². The van der Waals surface area contributed by atoms with Crippen molar-refractivity contribution < 1.29 is 19.7 Å². The van der Waals surface area contributed by atoms with E-state index in [9.17, 15) is 9.90 Å². The molecule has 0 bridgehead atoms. The minimum atomic E-state index is -1.07. The standard InChI is InChI=1S/C15H19N5O4/c1-9-7-12(18-11-3-2-6-24-13(11)21)19-14(16-9)20-5-4-10(8-20)17-15(22)23/h2-3,6-7,10,13,17,21H,4-5,8H2,1H3,(H,22,23)(H,16,18,19)/t10-,13?/m0/s1. The predicted octanol–water partition coefficient (Wildman–Crippen LogP) is 0.789. The number of rotatable bonds is 4. The Balaban J connectivity index is 1.74. The number of nitrogens with one attached hydrogen (secondary N) is 2. The van der Waals surface area contributed by atoms with Gasteiger partial charge in [-0.05, 0) is 25.5 Å². The number of aliphatic hydroxyl groups excluding tert-OH is 1. The number of ether oxygens (including phenoxy) is 1. The van der Waals surface area contributed by atoms with E-state index < -0.39 is 12.4 Å². The van der Waals surface area contributed by atoms with Gasteiger partial charge >= 0.3 is 6.09 Å². The lowest BCUT2D eigenvalue weighted by Gasteiger charge is -2.20. The van der Waals surface area contributed by atoms with Crippen LogP contribution in [0.4, 0.5) is 16.6 Å². The smallest absolute Gasteiger partial charge is 0.404 e. The number of carbonyl (C=O) groups is 1. The monoisotopic (exact) mass is 333 g/mol. The molecule has 1 aromatic rings. The second kappa shape index (κ2) is 6.75. The maximum Gasteiger partial charge on any atom is 0.404 e. The van der Waals surface area contributed by atoms with Crippen molar-refractivity contribution in [2.24, 2.45) is 0 Å². The van der Waals surface area contributed by atoms with E-state index in [1.807, 2.05) is 11.8 Å². The first kappa shape index (κ1) is 16.1. The van der Waals surface area contributed by atoms with Crippen LogP contribution in [0, 0.1) is 6.92 Å². The molecular formula is C15H19N5O4. The number of aliphatic hydroxyl groups is 1. The van der Waals surface area contributed by atoms with E-state index in [4.69, 9.17) is 9.84 Å². The normalized spacial score (nSPS) is 22.8. The molecule has 24 heavy (non-hydrogen) atoms. The quantitative estimate of drug-likeness (QED) is 0.638. The maximum absolute atomic E-state index is 10.7. The number of hydrogen-bond acceptors (Lipinski definition) is 7. The van der Waals surface area contributed by atoms with E-state index in [2.05, 4.69) is 20.6 Å². The molecule has 4 N–H and O–H groups in total. The number of anilines is 2. The molecule has 1 aromatic heterocycles. The largest absolute Gasteiger partial charge is 0.467 e. The van der Waals surface area contributed by atoms with Gasteiger partial charge in [-0.1, -0.05) is 0 Å². The summed E-state index contributed by atoms with van der Waals surface area (Å²) >= 11 is 0. The molecule has 0 saturated carbocycles. The van der Waals surface area contributed by atoms with Crippen molar-refractivity contribution in [3.05, 3.63) is 35.9 Å². The molecule has 3 rings (SSSR count). The molecule has 0 spiro atoms. The Bertz CT molecular complexity index is 690. The average Bonchev–Trinajstić information content (AvgIpc) is 2.97. The van der Waals surface area contributed by atoms with Crippen LogP contribution in [0.5, 0.6) is 0 Å².